The van der Waals surface area contributed by atoms with E-state index in [2.05, 4.69) is 48.9 Å². The summed E-state index contributed by atoms with van der Waals surface area (Å²) in [6.45, 7) is 15.1. The van der Waals surface area contributed by atoms with Crippen molar-refractivity contribution in [2.24, 2.45) is 0 Å². The van der Waals surface area contributed by atoms with E-state index in [9.17, 15) is 14.7 Å². The highest BCUT2D eigenvalue weighted by molar-refractivity contribution is 9.23. The second-order valence-corrected chi connectivity index (χ2v) is 19.3. The highest BCUT2D eigenvalue weighted by Crippen LogP contribution is 2.26. The number of carbonyl (C=O) groups is 2. The second kappa shape index (κ2) is 15.7. The highest BCUT2D eigenvalue weighted by Gasteiger charge is 2.32. The van der Waals surface area contributed by atoms with Crippen molar-refractivity contribution in [3.63, 3.8) is 0 Å². The van der Waals surface area contributed by atoms with Gasteiger partial charge in [0.2, 0.25) is 6.10 Å². The molecule has 1 unspecified atom stereocenters. The third kappa shape index (κ3) is 15.6. The van der Waals surface area contributed by atoms with Gasteiger partial charge in [-0.25, -0.2) is 0 Å². The number of hydrogen-bond donors (Lipinski definition) is 1. The fourth-order valence-electron chi connectivity index (χ4n) is 3.02. The molecular formula is C21H43BBrO7Si2. The van der Waals surface area contributed by atoms with Crippen molar-refractivity contribution >= 4 is 50.4 Å². The lowest BCUT2D eigenvalue weighted by molar-refractivity contribution is -0.154. The summed E-state index contributed by atoms with van der Waals surface area (Å²) in [5.74, 6) is -0.928. The van der Waals surface area contributed by atoms with Crippen LogP contribution in [0.15, 0.2) is 0 Å². The van der Waals surface area contributed by atoms with Crippen molar-refractivity contribution in [2.75, 3.05) is 26.4 Å². The van der Waals surface area contributed by atoms with Crippen molar-refractivity contribution in [3.8, 4) is 0 Å². The normalized spacial score (nSPS) is 13.5. The van der Waals surface area contributed by atoms with Crippen molar-refractivity contribution in [1.82, 2.24) is 0 Å². The molecule has 0 aromatic rings. The molecule has 0 heterocycles. The Labute approximate surface area is 205 Å². The van der Waals surface area contributed by atoms with Gasteiger partial charge in [0.1, 0.15) is 19.3 Å². The van der Waals surface area contributed by atoms with Crippen molar-refractivity contribution < 1.29 is 33.0 Å². The summed E-state index contributed by atoms with van der Waals surface area (Å²) in [6.07, 6.45) is 3.96. The Balaban J connectivity index is 3.92. The van der Waals surface area contributed by atoms with Crippen LogP contribution in [0.1, 0.15) is 46.5 Å². The molecule has 0 aliphatic rings. The van der Waals surface area contributed by atoms with Crippen LogP contribution in [0.2, 0.25) is 43.6 Å². The summed E-state index contributed by atoms with van der Waals surface area (Å²) < 4.78 is 22.2. The molecular weight excluding hydrogens is 511 g/mol. The molecule has 187 valence electrons. The van der Waals surface area contributed by atoms with Crippen LogP contribution in [-0.2, 0) is 27.9 Å². The van der Waals surface area contributed by atoms with Gasteiger partial charge in [-0.15, -0.1) is 0 Å². The van der Waals surface area contributed by atoms with Gasteiger partial charge in [-0.2, -0.15) is 15.8 Å². The molecule has 7 nitrogen and oxygen atoms in total. The number of ether oxygens (including phenoxy) is 3. The maximum absolute atomic E-state index is 11.8. The molecule has 0 aromatic carbocycles. The average molecular weight is 554 g/mol. The first-order valence-electron chi connectivity index (χ1n) is 11.5. The molecule has 1 atom stereocenters. The first kappa shape index (κ1) is 31.8. The van der Waals surface area contributed by atoms with Gasteiger partial charge in [0.05, 0.1) is 13.0 Å². The summed E-state index contributed by atoms with van der Waals surface area (Å²) in [4.78, 5) is 23.6. The summed E-state index contributed by atoms with van der Waals surface area (Å²) in [7, 11) is -3.29. The third-order valence-corrected chi connectivity index (χ3v) is 13.5. The lowest BCUT2D eigenvalue weighted by Crippen LogP contribution is -2.44. The molecule has 0 bridgehead atoms. The van der Waals surface area contributed by atoms with Gasteiger partial charge in [0.25, 0.3) is 0 Å². The maximum Gasteiger partial charge on any atom is 0.308 e. The Kier molecular flexibility index (Phi) is 15.6. The Morgan fingerprint density at radius 1 is 1.00 bits per heavy atom. The van der Waals surface area contributed by atoms with E-state index in [-0.39, 0.29) is 26.2 Å². The molecule has 0 saturated carbocycles. The first-order valence-corrected chi connectivity index (χ1v) is 18.6. The molecule has 0 amide bonds. The number of aliphatic hydroxyl groups is 1. The van der Waals surface area contributed by atoms with E-state index in [0.29, 0.717) is 6.61 Å². The Morgan fingerprint density at radius 3 is 2.12 bits per heavy atom. The zero-order valence-electron chi connectivity index (χ0n) is 21.0. The van der Waals surface area contributed by atoms with E-state index in [4.69, 9.17) is 18.3 Å². The number of esters is 2. The van der Waals surface area contributed by atoms with Crippen LogP contribution in [-0.4, -0.2) is 72.3 Å². The molecule has 0 aliphatic heterocycles. The number of rotatable bonds is 18. The first-order chi connectivity index (χ1) is 14.7. The number of carbonyl (C=O) groups excluding carboxylic acids is 2. The van der Waals surface area contributed by atoms with Crippen LogP contribution in [0.25, 0.3) is 0 Å². The Morgan fingerprint density at radius 2 is 1.56 bits per heavy atom. The molecule has 1 radical (unpaired) electrons. The predicted molar refractivity (Wildman–Crippen MR) is 137 cm³/mol. The lowest BCUT2D eigenvalue weighted by atomic mass is 9.72. The Bertz CT molecular complexity index is 562. The van der Waals surface area contributed by atoms with Gasteiger partial charge < -0.3 is 23.4 Å². The largest absolute Gasteiger partial charge is 0.463 e. The van der Waals surface area contributed by atoms with Crippen molar-refractivity contribution in [1.29, 1.82) is 0 Å². The van der Waals surface area contributed by atoms with E-state index in [1.807, 2.05) is 0 Å². The molecule has 0 aliphatic carbocycles. The van der Waals surface area contributed by atoms with Crippen LogP contribution in [0, 0.1) is 0 Å². The predicted octanol–water partition coefficient (Wildman–Crippen LogP) is 4.67. The van der Waals surface area contributed by atoms with Gasteiger partial charge in [-0.05, 0) is 44.7 Å². The van der Waals surface area contributed by atoms with Gasteiger partial charge in [0, 0.05) is 11.9 Å². The van der Waals surface area contributed by atoms with E-state index >= 15 is 0 Å². The minimum Gasteiger partial charge on any atom is -0.463 e. The summed E-state index contributed by atoms with van der Waals surface area (Å²) in [6, 6.07) is 2.25. The lowest BCUT2D eigenvalue weighted by Gasteiger charge is -2.34. The average Bonchev–Trinajstić information content (AvgIpc) is 2.70. The van der Waals surface area contributed by atoms with E-state index < -0.39 is 40.0 Å². The standard InChI is InChI=1S/C21H43BBrO7Si2/c1-8-9-14-31(4,5)30-32(6,7)15-10-12-27-13-11-19(25)28-16-18(24)17-29-20(26)21(2,3)22-23/h18,24H,8-17H2,1-7H3. The molecule has 0 rings (SSSR count). The smallest absolute Gasteiger partial charge is 0.308 e. The van der Waals surface area contributed by atoms with E-state index in [0.717, 1.165) is 12.5 Å². The van der Waals surface area contributed by atoms with Gasteiger partial charge in [0.15, 0.2) is 16.6 Å². The molecule has 0 fully saturated rings. The van der Waals surface area contributed by atoms with Gasteiger partial charge >= 0.3 is 11.9 Å². The zero-order valence-corrected chi connectivity index (χ0v) is 24.6. The number of halogens is 1. The SMILES string of the molecule is CCCC[Si](C)(C)O[Si](C)(C)CCCOCCC(=O)OCC(O)COC(=O)C(C)(C)[B]Br. The van der Waals surface area contributed by atoms with E-state index in [1.54, 1.807) is 20.0 Å². The fourth-order valence-corrected chi connectivity index (χ4v) is 12.2. The van der Waals surface area contributed by atoms with Crippen LogP contribution in [0.3, 0.4) is 0 Å². The second-order valence-electron chi connectivity index (χ2n) is 9.96. The van der Waals surface area contributed by atoms with Crippen LogP contribution in [0.4, 0.5) is 0 Å². The molecule has 32 heavy (non-hydrogen) atoms. The molecule has 0 saturated heterocycles. The molecule has 0 spiro atoms. The van der Waals surface area contributed by atoms with E-state index in [1.165, 1.54) is 18.9 Å². The van der Waals surface area contributed by atoms with Crippen LogP contribution < -0.4 is 0 Å². The number of hydrogen-bond acceptors (Lipinski definition) is 7. The van der Waals surface area contributed by atoms with Crippen molar-refractivity contribution in [3.05, 3.63) is 0 Å². The number of unbranched alkanes of at least 4 members (excludes halogenated alkanes) is 1. The quantitative estimate of drug-likeness (QED) is 0.150. The summed E-state index contributed by atoms with van der Waals surface area (Å²) in [5.41, 5.74) is 0. The fraction of sp³-hybridized carbons (Fsp3) is 0.905. The monoisotopic (exact) mass is 553 g/mol. The maximum atomic E-state index is 11.8. The summed E-state index contributed by atoms with van der Waals surface area (Å²) >= 11 is 3.12. The molecule has 1 N–H and O–H groups in total. The van der Waals surface area contributed by atoms with Crippen LogP contribution >= 0.6 is 15.8 Å². The summed E-state index contributed by atoms with van der Waals surface area (Å²) in [5, 5.41) is 9.02. The number of aliphatic hydroxyl groups excluding tert-OH is 1. The minimum atomic E-state index is -1.70. The van der Waals surface area contributed by atoms with Crippen LogP contribution in [0.5, 0.6) is 0 Å². The Hall–Kier alpha value is -0.201. The highest BCUT2D eigenvalue weighted by atomic mass is 79.9. The minimum absolute atomic E-state index is 0.117. The third-order valence-electron chi connectivity index (χ3n) is 4.85. The topological polar surface area (TPSA) is 91.3 Å². The van der Waals surface area contributed by atoms with Crippen molar-refractivity contribution in [2.45, 2.75) is 96.1 Å². The molecule has 0 aromatic heterocycles. The molecule has 11 heteroatoms. The zero-order chi connectivity index (χ0) is 24.8. The van der Waals surface area contributed by atoms with Gasteiger partial charge in [-0.3, -0.25) is 9.59 Å². The van der Waals surface area contributed by atoms with Gasteiger partial charge in [-0.1, -0.05) is 33.6 Å².